The minimum atomic E-state index is -0.642. The number of likely N-dealkylation sites (N-methyl/N-ethyl adjacent to an activating group) is 1. The zero-order valence-corrected chi connectivity index (χ0v) is 15.8. The number of piperazine rings is 1. The van der Waals surface area contributed by atoms with Gasteiger partial charge in [-0.3, -0.25) is 14.5 Å². The van der Waals surface area contributed by atoms with Crippen molar-refractivity contribution in [3.63, 3.8) is 0 Å². The van der Waals surface area contributed by atoms with Crippen LogP contribution in [0.2, 0.25) is 5.02 Å². The van der Waals surface area contributed by atoms with Crippen molar-refractivity contribution >= 4 is 34.6 Å². The smallest absolute Gasteiger partial charge is 0.210 e. The summed E-state index contributed by atoms with van der Waals surface area (Å²) < 4.78 is 0. The highest BCUT2D eigenvalue weighted by Crippen LogP contribution is 2.27. The highest BCUT2D eigenvalue weighted by Gasteiger charge is 2.42. The number of fused-ring (bicyclic) bond motifs is 1. The van der Waals surface area contributed by atoms with Gasteiger partial charge in [0.05, 0.1) is 5.69 Å². The second-order valence-corrected chi connectivity index (χ2v) is 7.39. The van der Waals surface area contributed by atoms with Crippen molar-refractivity contribution in [2.45, 2.75) is 6.04 Å². The van der Waals surface area contributed by atoms with Gasteiger partial charge in [-0.15, -0.1) is 0 Å². The molecule has 1 aliphatic carbocycles. The van der Waals surface area contributed by atoms with Gasteiger partial charge in [0.1, 0.15) is 11.8 Å². The number of hydrogen-bond acceptors (Lipinski definition) is 5. The van der Waals surface area contributed by atoms with Crippen LogP contribution in [-0.2, 0) is 0 Å². The number of benzene rings is 2. The lowest BCUT2D eigenvalue weighted by atomic mass is 9.83. The quantitative estimate of drug-likeness (QED) is 0.802. The van der Waals surface area contributed by atoms with Crippen molar-refractivity contribution in [2.75, 3.05) is 33.2 Å². The molecule has 2 aromatic carbocycles. The molecule has 1 fully saturated rings. The second kappa shape index (κ2) is 7.35. The van der Waals surface area contributed by atoms with Crippen LogP contribution in [0.4, 0.5) is 5.69 Å². The van der Waals surface area contributed by atoms with E-state index in [1.165, 1.54) is 0 Å². The van der Waals surface area contributed by atoms with Crippen LogP contribution in [-0.4, -0.2) is 66.3 Å². The number of ketones is 2. The van der Waals surface area contributed by atoms with Crippen LogP contribution in [0.3, 0.4) is 0 Å². The largest absolute Gasteiger partial charge is 0.304 e. The topological polar surface area (TPSA) is 53.0 Å². The molecule has 0 saturated carbocycles. The Labute approximate surface area is 163 Å². The maximum atomic E-state index is 13.3. The number of hydrogen-bond donors (Lipinski definition) is 0. The Morgan fingerprint density at radius 2 is 1.56 bits per heavy atom. The van der Waals surface area contributed by atoms with Gasteiger partial charge < -0.3 is 4.90 Å². The van der Waals surface area contributed by atoms with E-state index < -0.39 is 6.04 Å². The Morgan fingerprint density at radius 1 is 0.926 bits per heavy atom. The lowest BCUT2D eigenvalue weighted by Gasteiger charge is -2.39. The molecular weight excluding hydrogens is 362 g/mol. The Kier molecular flexibility index (Phi) is 4.91. The van der Waals surface area contributed by atoms with Crippen LogP contribution in [0.15, 0.2) is 53.5 Å². The van der Waals surface area contributed by atoms with Gasteiger partial charge in [0.15, 0.2) is 5.78 Å². The normalized spacial score (nSPS) is 22.9. The first-order chi connectivity index (χ1) is 13.0. The zero-order chi connectivity index (χ0) is 19.0. The summed E-state index contributed by atoms with van der Waals surface area (Å²) in [7, 11) is 2.06. The molecule has 0 bridgehead atoms. The van der Waals surface area contributed by atoms with Gasteiger partial charge in [0.2, 0.25) is 5.78 Å². The third-order valence-electron chi connectivity index (χ3n) is 5.16. The molecule has 2 aliphatic rings. The van der Waals surface area contributed by atoms with E-state index in [9.17, 15) is 9.59 Å². The second-order valence-electron chi connectivity index (χ2n) is 6.95. The molecule has 4 rings (SSSR count). The highest BCUT2D eigenvalue weighted by molar-refractivity contribution is 6.55. The summed E-state index contributed by atoms with van der Waals surface area (Å²) in [5, 5.41) is 0.603. The summed E-state index contributed by atoms with van der Waals surface area (Å²) >= 11 is 5.95. The van der Waals surface area contributed by atoms with Crippen LogP contribution in [0.5, 0.6) is 0 Å². The summed E-state index contributed by atoms with van der Waals surface area (Å²) in [4.78, 5) is 35.4. The van der Waals surface area contributed by atoms with Crippen LogP contribution < -0.4 is 0 Å². The molecular formula is C21H20ClN3O2. The minimum Gasteiger partial charge on any atom is -0.304 e. The van der Waals surface area contributed by atoms with Crippen molar-refractivity contribution in [1.82, 2.24) is 9.80 Å². The summed E-state index contributed by atoms with van der Waals surface area (Å²) in [6, 6.07) is 13.3. The van der Waals surface area contributed by atoms with Gasteiger partial charge in [-0.25, -0.2) is 4.99 Å². The summed E-state index contributed by atoms with van der Waals surface area (Å²) in [5.41, 5.74) is 1.83. The summed E-state index contributed by atoms with van der Waals surface area (Å²) in [6.07, 6.45) is 0. The SMILES string of the molecule is CN1CCN(C2C(=O)c3ccccc3C(=O)C2=Nc2ccc(Cl)cc2)CC1. The first kappa shape index (κ1) is 18.0. The van der Waals surface area contributed by atoms with Gasteiger partial charge >= 0.3 is 0 Å². The molecule has 1 unspecified atom stereocenters. The van der Waals surface area contributed by atoms with E-state index >= 15 is 0 Å². The number of carbonyl (C=O) groups excluding carboxylic acids is 2. The zero-order valence-electron chi connectivity index (χ0n) is 15.1. The predicted molar refractivity (Wildman–Crippen MR) is 107 cm³/mol. The first-order valence-electron chi connectivity index (χ1n) is 8.99. The van der Waals surface area contributed by atoms with Crippen molar-refractivity contribution in [3.8, 4) is 0 Å². The Morgan fingerprint density at radius 3 is 2.22 bits per heavy atom. The Bertz CT molecular complexity index is 915. The van der Waals surface area contributed by atoms with E-state index in [-0.39, 0.29) is 11.6 Å². The molecule has 27 heavy (non-hydrogen) atoms. The van der Waals surface area contributed by atoms with Crippen molar-refractivity contribution in [2.24, 2.45) is 4.99 Å². The van der Waals surface area contributed by atoms with Crippen LogP contribution in [0.25, 0.3) is 0 Å². The predicted octanol–water partition coefficient (Wildman–Crippen LogP) is 3.11. The monoisotopic (exact) mass is 381 g/mol. The van der Waals surface area contributed by atoms with Crippen molar-refractivity contribution in [3.05, 3.63) is 64.7 Å². The fraction of sp³-hybridized carbons (Fsp3) is 0.286. The van der Waals surface area contributed by atoms with Crippen molar-refractivity contribution in [1.29, 1.82) is 0 Å². The van der Waals surface area contributed by atoms with E-state index in [0.29, 0.717) is 27.5 Å². The molecule has 1 aliphatic heterocycles. The van der Waals surface area contributed by atoms with Gasteiger partial charge in [0, 0.05) is 42.3 Å². The summed E-state index contributed by atoms with van der Waals surface area (Å²) in [6.45, 7) is 3.16. The third-order valence-corrected chi connectivity index (χ3v) is 5.41. The van der Waals surface area contributed by atoms with E-state index in [1.807, 2.05) is 0 Å². The first-order valence-corrected chi connectivity index (χ1v) is 9.37. The number of rotatable bonds is 2. The number of halogens is 1. The number of aliphatic imine (C=N–C) groups is 1. The maximum absolute atomic E-state index is 13.3. The van der Waals surface area contributed by atoms with Gasteiger partial charge in [-0.05, 0) is 31.3 Å². The van der Waals surface area contributed by atoms with Crippen LogP contribution >= 0.6 is 11.6 Å². The molecule has 0 amide bonds. The molecule has 1 saturated heterocycles. The highest BCUT2D eigenvalue weighted by atomic mass is 35.5. The van der Waals surface area contributed by atoms with Gasteiger partial charge in [0.25, 0.3) is 0 Å². The van der Waals surface area contributed by atoms with Crippen LogP contribution in [0, 0.1) is 0 Å². The molecule has 2 aromatic rings. The van der Waals surface area contributed by atoms with E-state index in [1.54, 1.807) is 48.5 Å². The standard InChI is InChI=1S/C21H20ClN3O2/c1-24-10-12-25(13-11-24)19-18(23-15-8-6-14(22)7-9-15)20(26)16-4-2-3-5-17(16)21(19)27/h2-9,19H,10-13H2,1H3. The molecule has 5 nitrogen and oxygen atoms in total. The molecule has 0 N–H and O–H groups in total. The fourth-order valence-corrected chi connectivity index (χ4v) is 3.74. The third kappa shape index (κ3) is 3.46. The lowest BCUT2D eigenvalue weighted by molar-refractivity contribution is 0.0778. The average molecular weight is 382 g/mol. The van der Waals surface area contributed by atoms with Gasteiger partial charge in [-0.2, -0.15) is 0 Å². The number of nitrogens with zero attached hydrogens (tertiary/aromatic N) is 3. The Hall–Kier alpha value is -2.34. The molecule has 1 atom stereocenters. The summed E-state index contributed by atoms with van der Waals surface area (Å²) in [5.74, 6) is -0.230. The number of carbonyl (C=O) groups is 2. The van der Waals surface area contributed by atoms with Crippen molar-refractivity contribution < 1.29 is 9.59 Å². The fourth-order valence-electron chi connectivity index (χ4n) is 3.62. The molecule has 0 spiro atoms. The molecule has 0 aromatic heterocycles. The molecule has 1 heterocycles. The van der Waals surface area contributed by atoms with E-state index in [4.69, 9.17) is 11.6 Å². The lowest BCUT2D eigenvalue weighted by Crippen LogP contribution is -2.57. The van der Waals surface area contributed by atoms with E-state index in [2.05, 4.69) is 21.8 Å². The number of Topliss-reactive ketones (excluding diaryl/α,β-unsaturated/α-hetero) is 2. The average Bonchev–Trinajstić information content (AvgIpc) is 2.69. The van der Waals surface area contributed by atoms with Crippen LogP contribution in [0.1, 0.15) is 20.7 Å². The molecule has 6 heteroatoms. The Balaban J connectivity index is 1.80. The van der Waals surface area contributed by atoms with Gasteiger partial charge in [-0.1, -0.05) is 35.9 Å². The van der Waals surface area contributed by atoms with E-state index in [0.717, 1.165) is 26.2 Å². The molecule has 138 valence electrons. The minimum absolute atomic E-state index is 0.0533. The maximum Gasteiger partial charge on any atom is 0.210 e. The molecule has 0 radical (unpaired) electrons.